The third-order valence-electron chi connectivity index (χ3n) is 6.45. The molecule has 7 heteroatoms. The van der Waals surface area contributed by atoms with E-state index in [9.17, 15) is 9.18 Å². The average Bonchev–Trinajstić information content (AvgIpc) is 3.26. The lowest BCUT2D eigenvalue weighted by Gasteiger charge is -2.30. The fourth-order valence-electron chi connectivity index (χ4n) is 4.49. The molecule has 172 valence electrons. The Labute approximate surface area is 189 Å². The van der Waals surface area contributed by atoms with Crippen molar-refractivity contribution in [3.8, 4) is 5.75 Å². The molecule has 2 saturated heterocycles. The molecule has 0 bridgehead atoms. The van der Waals surface area contributed by atoms with E-state index in [0.29, 0.717) is 11.7 Å². The first kappa shape index (κ1) is 22.6. The second-order valence-electron chi connectivity index (χ2n) is 9.14. The van der Waals surface area contributed by atoms with E-state index >= 15 is 0 Å². The molecular formula is C25H33FN4O2. The van der Waals surface area contributed by atoms with Gasteiger partial charge in [-0.05, 0) is 89.4 Å². The van der Waals surface area contributed by atoms with E-state index in [0.717, 1.165) is 51.1 Å². The molecule has 2 aromatic rings. The van der Waals surface area contributed by atoms with Crippen molar-refractivity contribution in [3.63, 3.8) is 0 Å². The number of carbonyl (C=O) groups is 1. The summed E-state index contributed by atoms with van der Waals surface area (Å²) >= 11 is 0. The second-order valence-corrected chi connectivity index (χ2v) is 9.14. The van der Waals surface area contributed by atoms with E-state index in [4.69, 9.17) is 4.74 Å². The molecule has 1 N–H and O–H groups in total. The van der Waals surface area contributed by atoms with Gasteiger partial charge in [0.25, 0.3) is 5.91 Å². The summed E-state index contributed by atoms with van der Waals surface area (Å²) < 4.78 is 20.4. The Bertz CT molecular complexity index is 934. The number of nitrogens with one attached hydrogen (secondary N) is 1. The molecule has 0 saturated carbocycles. The number of piperidine rings is 1. The number of nitrogens with zero attached hydrogens (tertiary/aromatic N) is 3. The second kappa shape index (κ2) is 9.88. The number of likely N-dealkylation sites (tertiary alicyclic amines) is 1. The molecule has 1 amide bonds. The number of benzene rings is 2. The minimum Gasteiger partial charge on any atom is -0.486 e. The quantitative estimate of drug-likeness (QED) is 0.743. The molecule has 6 nitrogen and oxygen atoms in total. The van der Waals surface area contributed by atoms with Crippen LogP contribution in [0.1, 0.15) is 29.6 Å². The normalized spacial score (nSPS) is 21.7. The van der Waals surface area contributed by atoms with Crippen LogP contribution in [0.2, 0.25) is 0 Å². The first-order valence-corrected chi connectivity index (χ1v) is 11.4. The van der Waals surface area contributed by atoms with Gasteiger partial charge in [0.15, 0.2) is 11.6 Å². The highest BCUT2D eigenvalue weighted by atomic mass is 19.1. The highest BCUT2D eigenvalue weighted by molar-refractivity contribution is 6.04. The topological polar surface area (TPSA) is 48.1 Å². The Morgan fingerprint density at radius 1 is 1.09 bits per heavy atom. The average molecular weight is 441 g/mol. The summed E-state index contributed by atoms with van der Waals surface area (Å²) in [5.74, 6) is -0.645. The van der Waals surface area contributed by atoms with Crippen LogP contribution >= 0.6 is 0 Å². The number of halogens is 1. The van der Waals surface area contributed by atoms with Crippen molar-refractivity contribution < 1.29 is 13.9 Å². The first-order chi connectivity index (χ1) is 15.4. The number of likely N-dealkylation sites (N-methyl/N-ethyl adjacent to an activating group) is 2. The first-order valence-electron chi connectivity index (χ1n) is 11.4. The summed E-state index contributed by atoms with van der Waals surface area (Å²) in [4.78, 5) is 19.4. The van der Waals surface area contributed by atoms with Gasteiger partial charge in [0, 0.05) is 42.6 Å². The van der Waals surface area contributed by atoms with Crippen molar-refractivity contribution in [1.29, 1.82) is 0 Å². The zero-order chi connectivity index (χ0) is 22.7. The molecule has 2 unspecified atom stereocenters. The minimum atomic E-state index is -0.509. The van der Waals surface area contributed by atoms with Crippen molar-refractivity contribution in [2.75, 3.05) is 57.5 Å². The summed E-state index contributed by atoms with van der Waals surface area (Å²) in [6.07, 6.45) is 3.07. The van der Waals surface area contributed by atoms with E-state index in [-0.39, 0.29) is 23.3 Å². The number of rotatable bonds is 6. The van der Waals surface area contributed by atoms with Crippen molar-refractivity contribution in [2.24, 2.45) is 0 Å². The van der Waals surface area contributed by atoms with Gasteiger partial charge in [-0.1, -0.05) is 0 Å². The van der Waals surface area contributed by atoms with Gasteiger partial charge >= 0.3 is 0 Å². The van der Waals surface area contributed by atoms with Gasteiger partial charge in [-0.2, -0.15) is 0 Å². The van der Waals surface area contributed by atoms with Crippen LogP contribution in [0.5, 0.6) is 5.75 Å². The maximum atomic E-state index is 14.6. The molecule has 0 aromatic heterocycles. The van der Waals surface area contributed by atoms with E-state index in [1.54, 1.807) is 12.1 Å². The highest BCUT2D eigenvalue weighted by Gasteiger charge is 2.24. The van der Waals surface area contributed by atoms with Crippen molar-refractivity contribution in [2.45, 2.75) is 31.4 Å². The van der Waals surface area contributed by atoms with E-state index in [2.05, 4.69) is 34.1 Å². The fourth-order valence-corrected chi connectivity index (χ4v) is 4.49. The van der Waals surface area contributed by atoms with Crippen LogP contribution in [-0.2, 0) is 0 Å². The van der Waals surface area contributed by atoms with Gasteiger partial charge < -0.3 is 24.8 Å². The fraction of sp³-hybridized carbons (Fsp3) is 0.480. The lowest BCUT2D eigenvalue weighted by molar-refractivity contribution is 0.0998. The van der Waals surface area contributed by atoms with E-state index < -0.39 is 5.82 Å². The summed E-state index contributed by atoms with van der Waals surface area (Å²) in [5.41, 5.74) is 2.11. The molecule has 0 aliphatic carbocycles. The summed E-state index contributed by atoms with van der Waals surface area (Å²) in [6.45, 7) is 3.85. The van der Waals surface area contributed by atoms with Gasteiger partial charge in [0.2, 0.25) is 0 Å². The number of hydrogen-bond acceptors (Lipinski definition) is 5. The summed E-state index contributed by atoms with van der Waals surface area (Å²) in [7, 11) is 6.27. The van der Waals surface area contributed by atoms with Gasteiger partial charge in [-0.25, -0.2) is 4.39 Å². The van der Waals surface area contributed by atoms with Crippen LogP contribution in [-0.4, -0.2) is 75.2 Å². The molecule has 2 aromatic carbocycles. The Morgan fingerprint density at radius 3 is 2.53 bits per heavy atom. The van der Waals surface area contributed by atoms with Crippen LogP contribution in [0.3, 0.4) is 0 Å². The molecular weight excluding hydrogens is 407 g/mol. The monoisotopic (exact) mass is 440 g/mol. The maximum Gasteiger partial charge on any atom is 0.255 e. The maximum absolute atomic E-state index is 14.6. The van der Waals surface area contributed by atoms with Crippen LogP contribution in [0, 0.1) is 5.82 Å². The highest BCUT2D eigenvalue weighted by Crippen LogP contribution is 2.25. The molecule has 0 radical (unpaired) electrons. The molecule has 2 heterocycles. The smallest absolute Gasteiger partial charge is 0.255 e. The Balaban J connectivity index is 1.35. The van der Waals surface area contributed by atoms with Gasteiger partial charge in [0.1, 0.15) is 6.10 Å². The predicted octanol–water partition coefficient (Wildman–Crippen LogP) is 3.69. The molecule has 32 heavy (non-hydrogen) atoms. The summed E-state index contributed by atoms with van der Waals surface area (Å²) in [6, 6.07) is 12.8. The molecule has 4 rings (SSSR count). The molecule has 2 aliphatic heterocycles. The largest absolute Gasteiger partial charge is 0.486 e. The summed E-state index contributed by atoms with van der Waals surface area (Å²) in [5, 5.41) is 2.86. The number of hydrogen-bond donors (Lipinski definition) is 1. The van der Waals surface area contributed by atoms with Crippen molar-refractivity contribution >= 4 is 17.3 Å². The number of carbonyl (C=O) groups excluding carboxylic acids is 1. The SMILES string of the molecule is CN1CCCC(Oc2ccc(C(=O)Nc3ccc(N4CCC(N(C)C)C4)cc3)cc2F)C1. The Kier molecular flexibility index (Phi) is 6.96. The van der Waals surface area contributed by atoms with E-state index in [1.807, 2.05) is 31.3 Å². The molecule has 2 atom stereocenters. The molecule has 0 spiro atoms. The van der Waals surface area contributed by atoms with Crippen LogP contribution in [0.15, 0.2) is 42.5 Å². The number of amides is 1. The van der Waals surface area contributed by atoms with Crippen molar-refractivity contribution in [1.82, 2.24) is 9.80 Å². The van der Waals surface area contributed by atoms with E-state index in [1.165, 1.54) is 6.07 Å². The Morgan fingerprint density at radius 2 is 1.88 bits per heavy atom. The van der Waals surface area contributed by atoms with Crippen LogP contribution in [0.4, 0.5) is 15.8 Å². The predicted molar refractivity (Wildman–Crippen MR) is 126 cm³/mol. The number of ether oxygens (including phenoxy) is 1. The lowest BCUT2D eigenvalue weighted by Crippen LogP contribution is -2.38. The third-order valence-corrected chi connectivity index (χ3v) is 6.45. The lowest BCUT2D eigenvalue weighted by atomic mass is 10.1. The van der Waals surface area contributed by atoms with Crippen LogP contribution < -0.4 is 15.0 Å². The van der Waals surface area contributed by atoms with Gasteiger partial charge in [-0.15, -0.1) is 0 Å². The third kappa shape index (κ3) is 5.40. The van der Waals surface area contributed by atoms with Crippen LogP contribution in [0.25, 0.3) is 0 Å². The van der Waals surface area contributed by atoms with Gasteiger partial charge in [0.05, 0.1) is 0 Å². The standard InChI is InChI=1S/C25H33FN4O2/c1-28(2)21-12-14-30(16-21)20-9-7-19(8-10-20)27-25(31)18-6-11-24(23(26)15-18)32-22-5-4-13-29(3)17-22/h6-11,15,21-22H,4-5,12-14,16-17H2,1-3H3,(H,27,31). The van der Waals surface area contributed by atoms with Crippen molar-refractivity contribution in [3.05, 3.63) is 53.8 Å². The Hall–Kier alpha value is -2.64. The van der Waals surface area contributed by atoms with Gasteiger partial charge in [-0.3, -0.25) is 4.79 Å². The minimum absolute atomic E-state index is 0.0231. The zero-order valence-corrected chi connectivity index (χ0v) is 19.2. The molecule has 2 aliphatic rings. The number of anilines is 2. The zero-order valence-electron chi connectivity index (χ0n) is 19.2. The molecule has 2 fully saturated rings.